The molecule has 1 aliphatic heterocycles. The van der Waals surface area contributed by atoms with E-state index in [1.807, 2.05) is 4.90 Å². The zero-order chi connectivity index (χ0) is 19.7. The van der Waals surface area contributed by atoms with Crippen LogP contribution in [0, 0.1) is 0 Å². The van der Waals surface area contributed by atoms with Crippen LogP contribution >= 0.6 is 0 Å². The number of rotatable bonds is 4. The summed E-state index contributed by atoms with van der Waals surface area (Å²) in [6.07, 6.45) is 0.903. The molecule has 0 aromatic heterocycles. The first-order valence-electron chi connectivity index (χ1n) is 10.1. The van der Waals surface area contributed by atoms with Crippen LogP contribution in [0.4, 0.5) is 11.4 Å². The van der Waals surface area contributed by atoms with Gasteiger partial charge in [-0.1, -0.05) is 52.0 Å². The zero-order valence-electron chi connectivity index (χ0n) is 17.4. The molecule has 0 radical (unpaired) electrons. The first kappa shape index (κ1) is 19.5. The lowest BCUT2D eigenvalue weighted by molar-refractivity contribution is -0.117. The second kappa shape index (κ2) is 7.75. The molecule has 144 valence electrons. The lowest BCUT2D eigenvalue weighted by Gasteiger charge is -2.40. The van der Waals surface area contributed by atoms with Gasteiger partial charge in [-0.05, 0) is 60.1 Å². The third-order valence-electron chi connectivity index (χ3n) is 5.63. The van der Waals surface area contributed by atoms with Gasteiger partial charge in [0, 0.05) is 24.3 Å². The van der Waals surface area contributed by atoms with Crippen LogP contribution in [0.15, 0.2) is 42.5 Å². The van der Waals surface area contributed by atoms with Gasteiger partial charge >= 0.3 is 0 Å². The molecule has 2 atom stereocenters. The van der Waals surface area contributed by atoms with E-state index in [-0.39, 0.29) is 18.0 Å². The van der Waals surface area contributed by atoms with E-state index in [4.69, 9.17) is 0 Å². The van der Waals surface area contributed by atoms with E-state index in [1.165, 1.54) is 16.7 Å². The minimum absolute atomic E-state index is 0.112. The molecular weight excluding hydrogens is 332 g/mol. The van der Waals surface area contributed by atoms with Crippen molar-refractivity contribution in [3.63, 3.8) is 0 Å². The van der Waals surface area contributed by atoms with E-state index in [0.717, 1.165) is 17.8 Å². The summed E-state index contributed by atoms with van der Waals surface area (Å²) < 4.78 is 0. The number of nitrogens with zero attached hydrogens (tertiary/aromatic N) is 1. The average molecular weight is 365 g/mol. The highest BCUT2D eigenvalue weighted by Gasteiger charge is 2.32. The highest BCUT2D eigenvalue weighted by molar-refractivity contribution is 5.93. The molecule has 0 unspecified atom stereocenters. The number of hydrogen-bond donors (Lipinski definition) is 1. The molecule has 0 spiro atoms. The highest BCUT2D eigenvalue weighted by atomic mass is 16.2. The minimum Gasteiger partial charge on any atom is -0.378 e. The van der Waals surface area contributed by atoms with Gasteiger partial charge in [0.25, 0.3) is 0 Å². The average Bonchev–Trinajstić information content (AvgIpc) is 2.61. The maximum atomic E-state index is 12.3. The Morgan fingerprint density at radius 3 is 2.15 bits per heavy atom. The van der Waals surface area contributed by atoms with Crippen molar-refractivity contribution in [1.29, 1.82) is 0 Å². The fourth-order valence-corrected chi connectivity index (χ4v) is 4.02. The van der Waals surface area contributed by atoms with Crippen molar-refractivity contribution in [1.82, 2.24) is 0 Å². The number of anilines is 2. The van der Waals surface area contributed by atoms with Crippen LogP contribution in [0.25, 0.3) is 0 Å². The Kier molecular flexibility index (Phi) is 5.59. The van der Waals surface area contributed by atoms with Crippen molar-refractivity contribution in [2.24, 2.45) is 0 Å². The van der Waals surface area contributed by atoms with E-state index >= 15 is 0 Å². The molecule has 1 aliphatic rings. The monoisotopic (exact) mass is 364 g/mol. The van der Waals surface area contributed by atoms with Crippen LogP contribution < -0.4 is 10.2 Å². The third kappa shape index (κ3) is 4.02. The number of carbonyl (C=O) groups is 1. The van der Waals surface area contributed by atoms with Gasteiger partial charge in [0.05, 0.1) is 6.04 Å². The number of fused-ring (bicyclic) bond motifs is 1. The first-order valence-corrected chi connectivity index (χ1v) is 10.1. The Balaban J connectivity index is 1.97. The molecule has 1 heterocycles. The highest BCUT2D eigenvalue weighted by Crippen LogP contribution is 2.40. The lowest BCUT2D eigenvalue weighted by atomic mass is 9.88. The van der Waals surface area contributed by atoms with Gasteiger partial charge in [-0.2, -0.15) is 0 Å². The van der Waals surface area contributed by atoms with Crippen LogP contribution in [0.2, 0.25) is 0 Å². The summed E-state index contributed by atoms with van der Waals surface area (Å²) in [6, 6.07) is 15.7. The second-order valence-electron chi connectivity index (χ2n) is 8.42. The number of carbonyl (C=O) groups excluding carboxylic acids is 1. The smallest absolute Gasteiger partial charge is 0.224 e. The van der Waals surface area contributed by atoms with Crippen molar-refractivity contribution in [2.75, 3.05) is 10.2 Å². The molecule has 3 rings (SSSR count). The van der Waals surface area contributed by atoms with Crippen molar-refractivity contribution in [3.8, 4) is 0 Å². The van der Waals surface area contributed by atoms with E-state index in [1.54, 1.807) is 6.92 Å². The topological polar surface area (TPSA) is 32.3 Å². The molecule has 27 heavy (non-hydrogen) atoms. The molecule has 1 N–H and O–H groups in total. The second-order valence-corrected chi connectivity index (χ2v) is 8.42. The molecular formula is C24H32N2O. The number of hydrogen-bond acceptors (Lipinski definition) is 2. The van der Waals surface area contributed by atoms with Crippen LogP contribution in [0.1, 0.15) is 82.5 Å². The van der Waals surface area contributed by atoms with E-state index in [2.05, 4.69) is 82.4 Å². The Bertz CT molecular complexity index is 808. The Morgan fingerprint density at radius 1 is 1.00 bits per heavy atom. The van der Waals surface area contributed by atoms with Gasteiger partial charge in [0.2, 0.25) is 5.91 Å². The van der Waals surface area contributed by atoms with Gasteiger partial charge in [0.1, 0.15) is 0 Å². The minimum atomic E-state index is 0.112. The van der Waals surface area contributed by atoms with Gasteiger partial charge < -0.3 is 10.2 Å². The quantitative estimate of drug-likeness (QED) is 0.697. The Hall–Kier alpha value is -2.29. The standard InChI is InChI=1S/C24H32N2O/c1-15(2)19-7-10-21(11-8-19)25-23-13-17(5)26(18(6)27)24-12-9-20(16(3)4)14-22(23)24/h7-12,14-17,23,25H,13H2,1-6H3/t17-,23+/m0/s1. The first-order chi connectivity index (χ1) is 12.8. The van der Waals surface area contributed by atoms with E-state index in [9.17, 15) is 4.79 Å². The van der Waals surface area contributed by atoms with Gasteiger partial charge in [-0.15, -0.1) is 0 Å². The molecule has 0 saturated heterocycles. The maximum Gasteiger partial charge on any atom is 0.224 e. The molecule has 3 nitrogen and oxygen atoms in total. The van der Waals surface area contributed by atoms with Crippen molar-refractivity contribution in [2.45, 2.75) is 71.9 Å². The molecule has 0 aliphatic carbocycles. The normalized spacial score (nSPS) is 19.3. The summed E-state index contributed by atoms with van der Waals surface area (Å²) in [7, 11) is 0. The van der Waals surface area contributed by atoms with Crippen LogP contribution in [-0.4, -0.2) is 11.9 Å². The Labute approximate surface area is 163 Å². The van der Waals surface area contributed by atoms with E-state index in [0.29, 0.717) is 11.8 Å². The van der Waals surface area contributed by atoms with Crippen molar-refractivity contribution < 1.29 is 4.79 Å². The molecule has 1 amide bonds. The van der Waals surface area contributed by atoms with Crippen LogP contribution in [-0.2, 0) is 4.79 Å². The van der Waals surface area contributed by atoms with Gasteiger partial charge in [-0.25, -0.2) is 0 Å². The fourth-order valence-electron chi connectivity index (χ4n) is 4.02. The summed E-state index contributed by atoms with van der Waals surface area (Å²) in [5.74, 6) is 1.11. The lowest BCUT2D eigenvalue weighted by Crippen LogP contribution is -2.43. The van der Waals surface area contributed by atoms with Gasteiger partial charge in [0.15, 0.2) is 0 Å². The SMILES string of the molecule is CC(=O)N1c2ccc(C(C)C)cc2[C@H](Nc2ccc(C(C)C)cc2)C[C@@H]1C. The predicted octanol–water partition coefficient (Wildman–Crippen LogP) is 6.23. The molecule has 0 fully saturated rings. The fraction of sp³-hybridized carbons (Fsp3) is 0.458. The number of nitrogens with one attached hydrogen (secondary N) is 1. The molecule has 2 aromatic rings. The number of amides is 1. The zero-order valence-corrected chi connectivity index (χ0v) is 17.4. The Morgan fingerprint density at radius 2 is 1.59 bits per heavy atom. The summed E-state index contributed by atoms with van der Waals surface area (Å²) >= 11 is 0. The van der Waals surface area contributed by atoms with Crippen molar-refractivity contribution in [3.05, 3.63) is 59.2 Å². The summed E-state index contributed by atoms with van der Waals surface area (Å²) in [6.45, 7) is 12.6. The van der Waals surface area contributed by atoms with Gasteiger partial charge in [-0.3, -0.25) is 4.79 Å². The summed E-state index contributed by atoms with van der Waals surface area (Å²) in [5.41, 5.74) is 6.06. The number of benzene rings is 2. The molecule has 0 saturated carbocycles. The van der Waals surface area contributed by atoms with Crippen LogP contribution in [0.3, 0.4) is 0 Å². The van der Waals surface area contributed by atoms with Crippen LogP contribution in [0.5, 0.6) is 0 Å². The maximum absolute atomic E-state index is 12.3. The summed E-state index contributed by atoms with van der Waals surface area (Å²) in [4.78, 5) is 14.2. The third-order valence-corrected chi connectivity index (χ3v) is 5.63. The van der Waals surface area contributed by atoms with E-state index < -0.39 is 0 Å². The molecule has 3 heteroatoms. The molecule has 2 aromatic carbocycles. The largest absolute Gasteiger partial charge is 0.378 e. The summed E-state index contributed by atoms with van der Waals surface area (Å²) in [5, 5.41) is 3.72. The molecule has 0 bridgehead atoms. The van der Waals surface area contributed by atoms with Crippen molar-refractivity contribution >= 4 is 17.3 Å². The predicted molar refractivity (Wildman–Crippen MR) is 115 cm³/mol.